The summed E-state index contributed by atoms with van der Waals surface area (Å²) < 4.78 is 0. The Balaban J connectivity index is 3.97. The minimum absolute atomic E-state index is 0.0522. The number of likely N-dealkylation sites (N-methyl/N-ethyl adjacent to an activating group) is 1. The Bertz CT molecular complexity index is 279. The fourth-order valence-electron chi connectivity index (χ4n) is 1.27. The van der Waals surface area contributed by atoms with Crippen LogP contribution in [-0.4, -0.2) is 47.4 Å². The van der Waals surface area contributed by atoms with Crippen LogP contribution >= 0.6 is 0 Å². The van der Waals surface area contributed by atoms with Crippen molar-refractivity contribution < 1.29 is 19.5 Å². The average Bonchev–Trinajstić information content (AvgIpc) is 2.29. The van der Waals surface area contributed by atoms with Crippen molar-refractivity contribution in [3.8, 4) is 0 Å². The maximum atomic E-state index is 11.6. The van der Waals surface area contributed by atoms with Crippen molar-refractivity contribution in [1.29, 1.82) is 0 Å². The molecule has 0 aromatic heterocycles. The molecular formula is C11H20N2O4. The summed E-state index contributed by atoms with van der Waals surface area (Å²) in [6.45, 7) is 4.27. The minimum Gasteiger partial charge on any atom is -0.480 e. The highest BCUT2D eigenvalue weighted by Crippen LogP contribution is 1.98. The lowest BCUT2D eigenvalue weighted by Gasteiger charge is -2.18. The fraction of sp³-hybridized carbons (Fsp3) is 0.727. The van der Waals surface area contributed by atoms with Crippen molar-refractivity contribution in [1.82, 2.24) is 10.2 Å². The number of nitrogens with one attached hydrogen (secondary N) is 1. The number of hydrogen-bond donors (Lipinski definition) is 2. The third-order valence-electron chi connectivity index (χ3n) is 2.20. The Morgan fingerprint density at radius 1 is 1.18 bits per heavy atom. The lowest BCUT2D eigenvalue weighted by Crippen LogP contribution is -2.36. The van der Waals surface area contributed by atoms with Gasteiger partial charge in [-0.1, -0.05) is 6.92 Å². The zero-order valence-electron chi connectivity index (χ0n) is 10.4. The van der Waals surface area contributed by atoms with E-state index in [0.29, 0.717) is 13.1 Å². The van der Waals surface area contributed by atoms with E-state index in [4.69, 9.17) is 5.11 Å². The van der Waals surface area contributed by atoms with Crippen LogP contribution in [0.1, 0.15) is 33.1 Å². The molecule has 0 saturated carbocycles. The highest BCUT2D eigenvalue weighted by atomic mass is 16.4. The molecule has 0 aliphatic heterocycles. The standard InChI is InChI=1S/C11H20N2O4/c1-3-7-12-9(14)5-6-10(15)13(4-2)8-11(16)17/h3-8H2,1-2H3,(H,12,14)(H,16,17). The van der Waals surface area contributed by atoms with Gasteiger partial charge in [0.15, 0.2) is 0 Å². The molecule has 0 radical (unpaired) electrons. The largest absolute Gasteiger partial charge is 0.480 e. The first-order chi connectivity index (χ1) is 8.01. The predicted octanol–water partition coefficient (Wildman–Crippen LogP) is 0.226. The van der Waals surface area contributed by atoms with Gasteiger partial charge in [-0.2, -0.15) is 0 Å². The summed E-state index contributed by atoms with van der Waals surface area (Å²) in [5, 5.41) is 11.2. The van der Waals surface area contributed by atoms with Crippen LogP contribution in [0.5, 0.6) is 0 Å². The van der Waals surface area contributed by atoms with Crippen molar-refractivity contribution >= 4 is 17.8 Å². The van der Waals surface area contributed by atoms with E-state index in [-0.39, 0.29) is 31.2 Å². The molecule has 0 fully saturated rings. The van der Waals surface area contributed by atoms with Gasteiger partial charge < -0.3 is 15.3 Å². The number of carbonyl (C=O) groups excluding carboxylic acids is 2. The van der Waals surface area contributed by atoms with Gasteiger partial charge >= 0.3 is 5.97 Å². The highest BCUT2D eigenvalue weighted by Gasteiger charge is 2.15. The van der Waals surface area contributed by atoms with E-state index in [2.05, 4.69) is 5.32 Å². The molecule has 6 nitrogen and oxygen atoms in total. The maximum absolute atomic E-state index is 11.6. The van der Waals surface area contributed by atoms with Gasteiger partial charge in [0.2, 0.25) is 11.8 Å². The normalized spacial score (nSPS) is 9.76. The number of amides is 2. The van der Waals surface area contributed by atoms with Crippen LogP contribution in [0.3, 0.4) is 0 Å². The zero-order valence-corrected chi connectivity index (χ0v) is 10.4. The van der Waals surface area contributed by atoms with Gasteiger partial charge in [0.05, 0.1) is 0 Å². The Kier molecular flexibility index (Phi) is 7.75. The quantitative estimate of drug-likeness (QED) is 0.639. The second kappa shape index (κ2) is 8.55. The number of aliphatic carboxylic acids is 1. The van der Waals surface area contributed by atoms with Crippen LogP contribution in [-0.2, 0) is 14.4 Å². The van der Waals surface area contributed by atoms with Gasteiger partial charge in [-0.25, -0.2) is 0 Å². The van der Waals surface area contributed by atoms with Crippen molar-refractivity contribution in [2.24, 2.45) is 0 Å². The molecule has 0 atom stereocenters. The molecule has 0 aliphatic rings. The summed E-state index contributed by atoms with van der Waals surface area (Å²) in [6, 6.07) is 0. The molecule has 0 saturated heterocycles. The van der Waals surface area contributed by atoms with Crippen LogP contribution in [0.2, 0.25) is 0 Å². The van der Waals surface area contributed by atoms with Crippen molar-refractivity contribution in [2.75, 3.05) is 19.6 Å². The summed E-state index contributed by atoms with van der Waals surface area (Å²) in [4.78, 5) is 34.5. The molecule has 6 heteroatoms. The van der Waals surface area contributed by atoms with Crippen LogP contribution in [0.15, 0.2) is 0 Å². The Labute approximate surface area is 101 Å². The number of carbonyl (C=O) groups is 3. The van der Waals surface area contributed by atoms with Gasteiger partial charge in [0.1, 0.15) is 6.54 Å². The molecule has 0 bridgehead atoms. The third-order valence-corrected chi connectivity index (χ3v) is 2.20. The van der Waals surface area contributed by atoms with E-state index in [1.54, 1.807) is 6.92 Å². The monoisotopic (exact) mass is 244 g/mol. The molecular weight excluding hydrogens is 224 g/mol. The second-order valence-electron chi connectivity index (χ2n) is 3.65. The minimum atomic E-state index is -1.05. The molecule has 0 rings (SSSR count). The summed E-state index contributed by atoms with van der Waals surface area (Å²) in [5.41, 5.74) is 0. The molecule has 17 heavy (non-hydrogen) atoms. The van der Waals surface area contributed by atoms with Crippen molar-refractivity contribution in [3.63, 3.8) is 0 Å². The van der Waals surface area contributed by atoms with Gasteiger partial charge in [0, 0.05) is 25.9 Å². The van der Waals surface area contributed by atoms with E-state index < -0.39 is 5.97 Å². The SMILES string of the molecule is CCCNC(=O)CCC(=O)N(CC)CC(=O)O. The van der Waals surface area contributed by atoms with E-state index in [1.807, 2.05) is 6.92 Å². The number of nitrogens with zero attached hydrogens (tertiary/aromatic N) is 1. The molecule has 0 aromatic carbocycles. The summed E-state index contributed by atoms with van der Waals surface area (Å²) >= 11 is 0. The molecule has 2 N–H and O–H groups in total. The first-order valence-corrected chi connectivity index (χ1v) is 5.77. The topological polar surface area (TPSA) is 86.7 Å². The first-order valence-electron chi connectivity index (χ1n) is 5.77. The van der Waals surface area contributed by atoms with Crippen LogP contribution in [0.25, 0.3) is 0 Å². The Morgan fingerprint density at radius 3 is 2.29 bits per heavy atom. The molecule has 0 heterocycles. The molecule has 0 unspecified atom stereocenters. The molecule has 0 aromatic rings. The van der Waals surface area contributed by atoms with E-state index in [9.17, 15) is 14.4 Å². The fourth-order valence-corrected chi connectivity index (χ4v) is 1.27. The Hall–Kier alpha value is -1.59. The molecule has 0 aliphatic carbocycles. The number of carboxylic acids is 1. The van der Waals surface area contributed by atoms with Gasteiger partial charge in [-0.05, 0) is 13.3 Å². The second-order valence-corrected chi connectivity index (χ2v) is 3.65. The zero-order chi connectivity index (χ0) is 13.3. The summed E-state index contributed by atoms with van der Waals surface area (Å²) in [5.74, 6) is -1.52. The van der Waals surface area contributed by atoms with E-state index >= 15 is 0 Å². The predicted molar refractivity (Wildman–Crippen MR) is 62.4 cm³/mol. The Morgan fingerprint density at radius 2 is 1.82 bits per heavy atom. The molecule has 2 amide bonds. The molecule has 98 valence electrons. The highest BCUT2D eigenvalue weighted by molar-refractivity contribution is 5.85. The van der Waals surface area contributed by atoms with Crippen LogP contribution < -0.4 is 5.32 Å². The van der Waals surface area contributed by atoms with Crippen molar-refractivity contribution in [2.45, 2.75) is 33.1 Å². The number of rotatable bonds is 8. The smallest absolute Gasteiger partial charge is 0.323 e. The van der Waals surface area contributed by atoms with Gasteiger partial charge in [0.25, 0.3) is 0 Å². The van der Waals surface area contributed by atoms with Crippen molar-refractivity contribution in [3.05, 3.63) is 0 Å². The first kappa shape index (κ1) is 15.4. The lowest BCUT2D eigenvalue weighted by molar-refractivity contribution is -0.144. The lowest BCUT2D eigenvalue weighted by atomic mass is 10.2. The summed E-state index contributed by atoms with van der Waals surface area (Å²) in [6.07, 6.45) is 1.01. The third kappa shape index (κ3) is 7.32. The van der Waals surface area contributed by atoms with Crippen LogP contribution in [0.4, 0.5) is 0 Å². The maximum Gasteiger partial charge on any atom is 0.323 e. The summed E-state index contributed by atoms with van der Waals surface area (Å²) in [7, 11) is 0. The average molecular weight is 244 g/mol. The number of carboxylic acid groups (broad SMARTS) is 1. The van der Waals surface area contributed by atoms with Crippen LogP contribution in [0, 0.1) is 0 Å². The van der Waals surface area contributed by atoms with Gasteiger partial charge in [-0.3, -0.25) is 14.4 Å². The van der Waals surface area contributed by atoms with E-state index in [0.717, 1.165) is 6.42 Å². The van der Waals surface area contributed by atoms with Gasteiger partial charge in [-0.15, -0.1) is 0 Å². The van der Waals surface area contributed by atoms with E-state index in [1.165, 1.54) is 4.90 Å². The molecule has 0 spiro atoms. The number of hydrogen-bond acceptors (Lipinski definition) is 3.